The van der Waals surface area contributed by atoms with Crippen molar-refractivity contribution in [2.45, 2.75) is 24.8 Å². The molecule has 0 amide bonds. The summed E-state index contributed by atoms with van der Waals surface area (Å²) in [7, 11) is -3.56. The standard InChI is InChI=1S/C15H22N2O5S/c1-3-22-13-4-6-14(7-5-13)23(20,21)17-10-8-16(9-11-17)12(2)15(18)19/h4-7,12H,3,8-11H2,1-2H3,(H,18,19). The Hall–Kier alpha value is -1.64. The number of aliphatic carboxylic acids is 1. The Kier molecular flexibility index (Phi) is 5.61. The van der Waals surface area contributed by atoms with E-state index in [1.165, 1.54) is 16.4 Å². The molecule has 1 aliphatic heterocycles. The van der Waals surface area contributed by atoms with Crippen molar-refractivity contribution in [2.24, 2.45) is 0 Å². The van der Waals surface area contributed by atoms with E-state index in [2.05, 4.69) is 0 Å². The van der Waals surface area contributed by atoms with Crippen LogP contribution in [0.4, 0.5) is 0 Å². The summed E-state index contributed by atoms with van der Waals surface area (Å²) < 4.78 is 31.9. The molecule has 2 rings (SSSR count). The lowest BCUT2D eigenvalue weighted by Crippen LogP contribution is -2.53. The van der Waals surface area contributed by atoms with Gasteiger partial charge < -0.3 is 9.84 Å². The molecule has 0 aliphatic carbocycles. The van der Waals surface area contributed by atoms with Crippen LogP contribution in [-0.2, 0) is 14.8 Å². The lowest BCUT2D eigenvalue weighted by atomic mass is 10.2. The average molecular weight is 342 g/mol. The molecule has 1 N–H and O–H groups in total. The third kappa shape index (κ3) is 4.01. The van der Waals surface area contributed by atoms with Crippen molar-refractivity contribution in [3.8, 4) is 5.75 Å². The van der Waals surface area contributed by atoms with Gasteiger partial charge in [-0.05, 0) is 38.1 Å². The second-order valence-corrected chi connectivity index (χ2v) is 7.30. The molecule has 1 aliphatic rings. The summed E-state index contributed by atoms with van der Waals surface area (Å²) in [4.78, 5) is 13.0. The van der Waals surface area contributed by atoms with E-state index < -0.39 is 22.0 Å². The smallest absolute Gasteiger partial charge is 0.320 e. The molecule has 1 aromatic rings. The Morgan fingerprint density at radius 1 is 1.22 bits per heavy atom. The molecule has 1 atom stereocenters. The summed E-state index contributed by atoms with van der Waals surface area (Å²) in [6, 6.07) is 5.74. The number of ether oxygens (including phenoxy) is 1. The van der Waals surface area contributed by atoms with Crippen molar-refractivity contribution >= 4 is 16.0 Å². The largest absolute Gasteiger partial charge is 0.494 e. The molecule has 0 aromatic heterocycles. The van der Waals surface area contributed by atoms with E-state index in [4.69, 9.17) is 9.84 Å². The molecule has 1 saturated heterocycles. The normalized spacial score (nSPS) is 18.5. The minimum Gasteiger partial charge on any atom is -0.494 e. The van der Waals surface area contributed by atoms with E-state index in [9.17, 15) is 13.2 Å². The number of rotatable bonds is 6. The van der Waals surface area contributed by atoms with Gasteiger partial charge in [0.1, 0.15) is 11.8 Å². The molecule has 1 aromatic carbocycles. The SMILES string of the molecule is CCOc1ccc(S(=O)(=O)N2CCN(C(C)C(=O)O)CC2)cc1. The van der Waals surface area contributed by atoms with Crippen molar-refractivity contribution in [1.29, 1.82) is 0 Å². The minimum absolute atomic E-state index is 0.223. The first-order valence-electron chi connectivity index (χ1n) is 7.56. The van der Waals surface area contributed by atoms with Crippen LogP contribution < -0.4 is 4.74 Å². The van der Waals surface area contributed by atoms with Crippen LogP contribution in [0.25, 0.3) is 0 Å². The molecular formula is C15H22N2O5S. The maximum Gasteiger partial charge on any atom is 0.320 e. The molecule has 0 saturated carbocycles. The maximum absolute atomic E-state index is 12.6. The predicted molar refractivity (Wildman–Crippen MR) is 85.0 cm³/mol. The van der Waals surface area contributed by atoms with Crippen LogP contribution in [0.1, 0.15) is 13.8 Å². The number of carboxylic acids is 1. The van der Waals surface area contributed by atoms with Crippen LogP contribution in [0, 0.1) is 0 Å². The zero-order valence-corrected chi connectivity index (χ0v) is 14.1. The topological polar surface area (TPSA) is 87.2 Å². The third-order valence-electron chi connectivity index (χ3n) is 3.95. The second kappa shape index (κ2) is 7.29. The summed E-state index contributed by atoms with van der Waals surface area (Å²) >= 11 is 0. The van der Waals surface area contributed by atoms with E-state index in [1.807, 2.05) is 6.92 Å². The zero-order chi connectivity index (χ0) is 17.0. The molecule has 7 nitrogen and oxygen atoms in total. The lowest BCUT2D eigenvalue weighted by molar-refractivity contribution is -0.143. The second-order valence-electron chi connectivity index (χ2n) is 5.36. The fourth-order valence-electron chi connectivity index (χ4n) is 2.51. The average Bonchev–Trinajstić information content (AvgIpc) is 2.55. The number of piperazine rings is 1. The Bertz CT molecular complexity index is 636. The van der Waals surface area contributed by atoms with Crippen LogP contribution in [0.15, 0.2) is 29.2 Å². The molecule has 0 bridgehead atoms. The molecule has 1 fully saturated rings. The van der Waals surface area contributed by atoms with E-state index in [1.54, 1.807) is 24.0 Å². The Morgan fingerprint density at radius 3 is 2.26 bits per heavy atom. The van der Waals surface area contributed by atoms with Crippen molar-refractivity contribution < 1.29 is 23.1 Å². The van der Waals surface area contributed by atoms with Gasteiger partial charge in [0.15, 0.2) is 0 Å². The third-order valence-corrected chi connectivity index (χ3v) is 5.86. The Morgan fingerprint density at radius 2 is 1.78 bits per heavy atom. The molecule has 8 heteroatoms. The molecule has 128 valence electrons. The fraction of sp³-hybridized carbons (Fsp3) is 0.533. The summed E-state index contributed by atoms with van der Waals surface area (Å²) in [6.45, 7) is 5.38. The number of nitrogens with zero attached hydrogens (tertiary/aromatic N) is 2. The van der Waals surface area contributed by atoms with Crippen LogP contribution in [0.2, 0.25) is 0 Å². The fourth-order valence-corrected chi connectivity index (χ4v) is 3.93. The Balaban J connectivity index is 2.05. The van der Waals surface area contributed by atoms with Gasteiger partial charge in [0.05, 0.1) is 11.5 Å². The van der Waals surface area contributed by atoms with E-state index >= 15 is 0 Å². The number of benzene rings is 1. The minimum atomic E-state index is -3.56. The number of hydrogen-bond donors (Lipinski definition) is 1. The summed E-state index contributed by atoms with van der Waals surface area (Å²) in [5.41, 5.74) is 0. The van der Waals surface area contributed by atoms with Gasteiger partial charge in [0.2, 0.25) is 10.0 Å². The van der Waals surface area contributed by atoms with Gasteiger partial charge in [0, 0.05) is 26.2 Å². The summed E-state index contributed by atoms with van der Waals surface area (Å²) in [5, 5.41) is 9.02. The van der Waals surface area contributed by atoms with Crippen molar-refractivity contribution in [3.63, 3.8) is 0 Å². The van der Waals surface area contributed by atoms with Gasteiger partial charge in [-0.3, -0.25) is 9.69 Å². The highest BCUT2D eigenvalue weighted by molar-refractivity contribution is 7.89. The predicted octanol–water partition coefficient (Wildman–Crippen LogP) is 0.865. The molecule has 1 heterocycles. The highest BCUT2D eigenvalue weighted by atomic mass is 32.2. The van der Waals surface area contributed by atoms with Crippen LogP contribution in [-0.4, -0.2) is 67.5 Å². The molecule has 0 spiro atoms. The molecule has 0 radical (unpaired) electrons. The van der Waals surface area contributed by atoms with Crippen molar-refractivity contribution in [3.05, 3.63) is 24.3 Å². The number of hydrogen-bond acceptors (Lipinski definition) is 5. The lowest BCUT2D eigenvalue weighted by Gasteiger charge is -2.35. The van der Waals surface area contributed by atoms with Gasteiger partial charge in [0.25, 0.3) is 0 Å². The van der Waals surface area contributed by atoms with Gasteiger partial charge in [-0.15, -0.1) is 0 Å². The molecular weight excluding hydrogens is 320 g/mol. The van der Waals surface area contributed by atoms with E-state index in [-0.39, 0.29) is 18.0 Å². The first-order chi connectivity index (χ1) is 10.9. The van der Waals surface area contributed by atoms with Crippen molar-refractivity contribution in [2.75, 3.05) is 32.8 Å². The van der Waals surface area contributed by atoms with Gasteiger partial charge in [-0.2, -0.15) is 4.31 Å². The first kappa shape index (κ1) is 17.7. The zero-order valence-electron chi connectivity index (χ0n) is 13.3. The summed E-state index contributed by atoms with van der Waals surface area (Å²) in [5.74, 6) is -0.264. The van der Waals surface area contributed by atoms with Crippen LogP contribution in [0.5, 0.6) is 5.75 Å². The van der Waals surface area contributed by atoms with Gasteiger partial charge in [-0.1, -0.05) is 0 Å². The molecule has 23 heavy (non-hydrogen) atoms. The van der Waals surface area contributed by atoms with E-state index in [0.29, 0.717) is 25.4 Å². The van der Waals surface area contributed by atoms with Crippen LogP contribution >= 0.6 is 0 Å². The quantitative estimate of drug-likeness (QED) is 0.825. The number of sulfonamides is 1. The summed E-state index contributed by atoms with van der Waals surface area (Å²) in [6.07, 6.45) is 0. The highest BCUT2D eigenvalue weighted by Gasteiger charge is 2.31. The van der Waals surface area contributed by atoms with Gasteiger partial charge in [-0.25, -0.2) is 8.42 Å². The number of carbonyl (C=O) groups is 1. The first-order valence-corrected chi connectivity index (χ1v) is 9.00. The molecule has 1 unspecified atom stereocenters. The van der Waals surface area contributed by atoms with Crippen molar-refractivity contribution in [1.82, 2.24) is 9.21 Å². The van der Waals surface area contributed by atoms with Gasteiger partial charge >= 0.3 is 5.97 Å². The van der Waals surface area contributed by atoms with Crippen LogP contribution in [0.3, 0.4) is 0 Å². The highest BCUT2D eigenvalue weighted by Crippen LogP contribution is 2.21. The maximum atomic E-state index is 12.6. The van der Waals surface area contributed by atoms with E-state index in [0.717, 1.165) is 0 Å². The monoisotopic (exact) mass is 342 g/mol. The number of carboxylic acid groups (broad SMARTS) is 1. The Labute approximate surface area is 136 Å².